The van der Waals surface area contributed by atoms with Crippen LogP contribution in [0.5, 0.6) is 23.0 Å². The van der Waals surface area contributed by atoms with Gasteiger partial charge in [0.2, 0.25) is 0 Å². The maximum atomic E-state index is 11.0. The molecule has 1 N–H and O–H groups in total. The van der Waals surface area contributed by atoms with Gasteiger partial charge in [0.15, 0.2) is 23.0 Å². The lowest BCUT2D eigenvalue weighted by atomic mass is 10.2. The van der Waals surface area contributed by atoms with E-state index in [4.69, 9.17) is 35.7 Å². The molecule has 0 atom stereocenters. The third-order valence-corrected chi connectivity index (χ3v) is 3.49. The molecule has 0 aliphatic rings. The van der Waals surface area contributed by atoms with Gasteiger partial charge in [0.05, 0.1) is 24.3 Å². The molecule has 0 aliphatic heterocycles. The molecule has 6 nitrogen and oxygen atoms in total. The van der Waals surface area contributed by atoms with Crippen LogP contribution in [-0.4, -0.2) is 38.0 Å². The molecular weight excluding hydrogens is 348 g/mol. The predicted octanol–water partition coefficient (Wildman–Crippen LogP) is 3.90. The van der Waals surface area contributed by atoms with Crippen LogP contribution in [0.15, 0.2) is 36.4 Å². The lowest BCUT2D eigenvalue weighted by Gasteiger charge is -2.15. The fourth-order valence-electron chi connectivity index (χ4n) is 2.12. The predicted molar refractivity (Wildman–Crippen MR) is 93.6 cm³/mol. The van der Waals surface area contributed by atoms with E-state index >= 15 is 0 Å². The Bertz CT molecular complexity index is 732. The molecule has 0 saturated carbocycles. The molecule has 0 spiro atoms. The van der Waals surface area contributed by atoms with Crippen LogP contribution in [0.1, 0.15) is 17.3 Å². The van der Waals surface area contributed by atoms with Gasteiger partial charge in [-0.3, -0.25) is 0 Å². The van der Waals surface area contributed by atoms with Gasteiger partial charge in [-0.15, -0.1) is 0 Å². The van der Waals surface area contributed by atoms with E-state index in [0.29, 0.717) is 18.1 Å². The van der Waals surface area contributed by atoms with E-state index in [1.165, 1.54) is 19.2 Å². The minimum absolute atomic E-state index is 0.0242. The number of ether oxygens (including phenoxy) is 4. The first kappa shape index (κ1) is 18.7. The van der Waals surface area contributed by atoms with Gasteiger partial charge in [-0.05, 0) is 31.2 Å². The summed E-state index contributed by atoms with van der Waals surface area (Å²) in [5.74, 6) is 0.705. The Hall–Kier alpha value is -2.60. The number of para-hydroxylation sites is 2. The number of carbonyl (C=O) groups is 1. The molecule has 0 bridgehead atoms. The monoisotopic (exact) mass is 366 g/mol. The van der Waals surface area contributed by atoms with Crippen LogP contribution in [-0.2, 0) is 0 Å². The Morgan fingerprint density at radius 2 is 1.68 bits per heavy atom. The van der Waals surface area contributed by atoms with Crippen LogP contribution in [0.2, 0.25) is 5.02 Å². The highest BCUT2D eigenvalue weighted by Gasteiger charge is 2.15. The van der Waals surface area contributed by atoms with Crippen LogP contribution in [0.25, 0.3) is 0 Å². The molecule has 0 amide bonds. The molecule has 0 aliphatic carbocycles. The van der Waals surface area contributed by atoms with E-state index in [1.807, 2.05) is 25.1 Å². The second-order valence-corrected chi connectivity index (χ2v) is 5.28. The molecule has 2 rings (SSSR count). The molecule has 0 fully saturated rings. The molecular formula is C18H19ClO6. The summed E-state index contributed by atoms with van der Waals surface area (Å²) in [5.41, 5.74) is 0.0242. The molecule has 0 saturated heterocycles. The Morgan fingerprint density at radius 3 is 2.28 bits per heavy atom. The third kappa shape index (κ3) is 4.93. The number of methoxy groups -OCH3 is 1. The van der Waals surface area contributed by atoms with Gasteiger partial charge >= 0.3 is 5.97 Å². The molecule has 134 valence electrons. The zero-order valence-corrected chi connectivity index (χ0v) is 14.7. The number of carboxylic acid groups (broad SMARTS) is 1. The standard InChI is InChI=1S/C18H19ClO6/c1-3-23-14-6-4-5-7-15(14)24-8-9-25-17-13(19)10-12(18(20)21)11-16(17)22-2/h4-7,10-11H,3,8-9H2,1-2H3,(H,20,21). The van der Waals surface area contributed by atoms with Crippen molar-refractivity contribution in [3.63, 3.8) is 0 Å². The van der Waals surface area contributed by atoms with Crippen molar-refractivity contribution in [1.29, 1.82) is 0 Å². The van der Waals surface area contributed by atoms with Crippen molar-refractivity contribution < 1.29 is 28.8 Å². The van der Waals surface area contributed by atoms with Crippen molar-refractivity contribution in [2.45, 2.75) is 6.92 Å². The molecule has 25 heavy (non-hydrogen) atoms. The number of rotatable bonds is 9. The highest BCUT2D eigenvalue weighted by Crippen LogP contribution is 2.36. The first-order valence-electron chi connectivity index (χ1n) is 7.65. The minimum atomic E-state index is -1.09. The summed E-state index contributed by atoms with van der Waals surface area (Å²) in [6.07, 6.45) is 0. The van der Waals surface area contributed by atoms with Gasteiger partial charge in [-0.1, -0.05) is 23.7 Å². The number of hydrogen-bond donors (Lipinski definition) is 1. The van der Waals surface area contributed by atoms with Gasteiger partial charge in [0, 0.05) is 0 Å². The normalized spacial score (nSPS) is 10.2. The molecule has 0 aromatic heterocycles. The maximum Gasteiger partial charge on any atom is 0.335 e. The van der Waals surface area contributed by atoms with Crippen molar-refractivity contribution >= 4 is 17.6 Å². The van der Waals surface area contributed by atoms with Gasteiger partial charge in [0.1, 0.15) is 13.2 Å². The Labute approximate surface area is 150 Å². The van der Waals surface area contributed by atoms with Crippen LogP contribution < -0.4 is 18.9 Å². The maximum absolute atomic E-state index is 11.0. The third-order valence-electron chi connectivity index (χ3n) is 3.21. The zero-order valence-electron chi connectivity index (χ0n) is 14.0. The van der Waals surface area contributed by atoms with Crippen molar-refractivity contribution in [3.8, 4) is 23.0 Å². The summed E-state index contributed by atoms with van der Waals surface area (Å²) in [5, 5.41) is 9.20. The summed E-state index contributed by atoms with van der Waals surface area (Å²) in [6, 6.07) is 10.0. The second kappa shape index (κ2) is 9.03. The Morgan fingerprint density at radius 1 is 1.04 bits per heavy atom. The molecule has 2 aromatic rings. The van der Waals surface area contributed by atoms with E-state index in [0.717, 1.165) is 0 Å². The number of benzene rings is 2. The summed E-state index contributed by atoms with van der Waals surface area (Å²) in [6.45, 7) is 2.89. The van der Waals surface area contributed by atoms with Crippen LogP contribution >= 0.6 is 11.6 Å². The summed E-state index contributed by atoms with van der Waals surface area (Å²) < 4.78 is 21.9. The van der Waals surface area contributed by atoms with Gasteiger partial charge in [-0.25, -0.2) is 4.79 Å². The highest BCUT2D eigenvalue weighted by atomic mass is 35.5. The lowest BCUT2D eigenvalue weighted by molar-refractivity contribution is 0.0696. The van der Waals surface area contributed by atoms with Crippen LogP contribution in [0.4, 0.5) is 0 Å². The van der Waals surface area contributed by atoms with E-state index in [1.54, 1.807) is 6.07 Å². The quantitative estimate of drug-likeness (QED) is 0.678. The molecule has 0 radical (unpaired) electrons. The van der Waals surface area contributed by atoms with Gasteiger partial charge < -0.3 is 24.1 Å². The van der Waals surface area contributed by atoms with E-state index in [9.17, 15) is 4.79 Å². The van der Waals surface area contributed by atoms with Gasteiger partial charge in [-0.2, -0.15) is 0 Å². The molecule has 7 heteroatoms. The van der Waals surface area contributed by atoms with E-state index in [-0.39, 0.29) is 35.3 Å². The lowest BCUT2D eigenvalue weighted by Crippen LogP contribution is -2.11. The summed E-state index contributed by atoms with van der Waals surface area (Å²) in [4.78, 5) is 11.0. The van der Waals surface area contributed by atoms with Crippen LogP contribution in [0.3, 0.4) is 0 Å². The fraction of sp³-hybridized carbons (Fsp3) is 0.278. The molecule has 0 unspecified atom stereocenters. The smallest absolute Gasteiger partial charge is 0.335 e. The topological polar surface area (TPSA) is 74.2 Å². The Kier molecular flexibility index (Phi) is 6.77. The first-order valence-corrected chi connectivity index (χ1v) is 8.02. The number of carboxylic acids is 1. The fourth-order valence-corrected chi connectivity index (χ4v) is 2.39. The number of hydrogen-bond acceptors (Lipinski definition) is 5. The summed E-state index contributed by atoms with van der Waals surface area (Å²) >= 11 is 6.09. The molecule has 2 aromatic carbocycles. The second-order valence-electron chi connectivity index (χ2n) is 4.87. The van der Waals surface area contributed by atoms with Gasteiger partial charge in [0.25, 0.3) is 0 Å². The van der Waals surface area contributed by atoms with Crippen molar-refractivity contribution in [3.05, 3.63) is 47.0 Å². The van der Waals surface area contributed by atoms with E-state index in [2.05, 4.69) is 0 Å². The largest absolute Gasteiger partial charge is 0.493 e. The minimum Gasteiger partial charge on any atom is -0.493 e. The number of halogens is 1. The average Bonchev–Trinajstić information content (AvgIpc) is 2.60. The van der Waals surface area contributed by atoms with Crippen molar-refractivity contribution in [2.75, 3.05) is 26.9 Å². The summed E-state index contributed by atoms with van der Waals surface area (Å²) in [7, 11) is 1.42. The van der Waals surface area contributed by atoms with Crippen molar-refractivity contribution in [2.24, 2.45) is 0 Å². The van der Waals surface area contributed by atoms with Crippen LogP contribution in [0, 0.1) is 0 Å². The SMILES string of the molecule is CCOc1ccccc1OCCOc1c(Cl)cc(C(=O)O)cc1OC. The zero-order chi connectivity index (χ0) is 18.2. The first-order chi connectivity index (χ1) is 12.1. The molecule has 0 heterocycles. The van der Waals surface area contributed by atoms with E-state index < -0.39 is 5.97 Å². The highest BCUT2D eigenvalue weighted by molar-refractivity contribution is 6.32. The Balaban J connectivity index is 1.99. The van der Waals surface area contributed by atoms with Crippen molar-refractivity contribution in [1.82, 2.24) is 0 Å². The number of aromatic carboxylic acids is 1. The average molecular weight is 367 g/mol.